The Kier molecular flexibility index (Phi) is 7.89. The fraction of sp³-hybridized carbons (Fsp3) is 0.368. The molecule has 0 radical (unpaired) electrons. The van der Waals surface area contributed by atoms with E-state index in [-0.39, 0.29) is 33.7 Å². The number of nitro groups is 1. The fourth-order valence-corrected chi connectivity index (χ4v) is 5.03. The molecule has 0 bridgehead atoms. The first kappa shape index (κ1) is 23.5. The number of amides is 1. The molecule has 3 aromatic rings. The first-order valence-corrected chi connectivity index (χ1v) is 11.1. The third-order valence-electron chi connectivity index (χ3n) is 4.78. The van der Waals surface area contributed by atoms with Crippen molar-refractivity contribution in [2.24, 2.45) is 0 Å². The monoisotopic (exact) mass is 486 g/mol. The summed E-state index contributed by atoms with van der Waals surface area (Å²) in [6.07, 6.45) is 0.692. The number of benzene rings is 1. The van der Waals surface area contributed by atoms with Crippen molar-refractivity contribution in [1.29, 1.82) is 0 Å². The number of thiophene rings is 1. The highest BCUT2D eigenvalue weighted by Gasteiger charge is 2.25. The van der Waals surface area contributed by atoms with E-state index in [0.717, 1.165) is 31.0 Å². The van der Waals surface area contributed by atoms with Crippen molar-refractivity contribution in [3.05, 3.63) is 51.1 Å². The molecule has 1 aliphatic heterocycles. The minimum absolute atomic E-state index is 0. The molecule has 0 N–H and O–H groups in total. The van der Waals surface area contributed by atoms with Crippen molar-refractivity contribution >= 4 is 61.3 Å². The third-order valence-corrected chi connectivity index (χ3v) is 6.85. The summed E-state index contributed by atoms with van der Waals surface area (Å²) in [6, 6.07) is 7.47. The van der Waals surface area contributed by atoms with Crippen LogP contribution < -0.4 is 4.90 Å². The van der Waals surface area contributed by atoms with Gasteiger partial charge in [0.25, 0.3) is 5.91 Å². The summed E-state index contributed by atoms with van der Waals surface area (Å²) in [7, 11) is 0. The SMILES string of the molecule is Cl.O=C(c1ccc([N+](=O)[O-])s1)N(CCCN1CCOCC1)c1nc2c(F)cccc2s1. The van der Waals surface area contributed by atoms with Crippen LogP contribution in [-0.4, -0.2) is 60.1 Å². The standard InChI is InChI=1S/C19H19FN4O4S2.ClH/c20-13-3-1-4-14-17(13)21-19(30-14)23(8-2-7-22-9-11-28-12-10-22)18(25)15-5-6-16(29-15)24(26)27;/h1,3-6H,2,7-12H2;1H. The lowest BCUT2D eigenvalue weighted by molar-refractivity contribution is -0.380. The van der Waals surface area contributed by atoms with Crippen LogP contribution in [-0.2, 0) is 4.74 Å². The lowest BCUT2D eigenvalue weighted by atomic mass is 10.3. The van der Waals surface area contributed by atoms with Crippen LogP contribution in [0.5, 0.6) is 0 Å². The Bertz CT molecular complexity index is 1070. The molecule has 3 heterocycles. The van der Waals surface area contributed by atoms with Gasteiger partial charge in [-0.25, -0.2) is 9.37 Å². The summed E-state index contributed by atoms with van der Waals surface area (Å²) in [4.78, 5) is 32.0. The normalized spacial score (nSPS) is 14.4. The zero-order valence-electron chi connectivity index (χ0n) is 16.4. The van der Waals surface area contributed by atoms with Gasteiger partial charge in [0.1, 0.15) is 11.3 Å². The molecule has 1 fully saturated rings. The number of hydrogen-bond donors (Lipinski definition) is 0. The van der Waals surface area contributed by atoms with Crippen molar-refractivity contribution in [1.82, 2.24) is 9.88 Å². The van der Waals surface area contributed by atoms with Gasteiger partial charge in [-0.15, -0.1) is 12.4 Å². The highest BCUT2D eigenvalue weighted by molar-refractivity contribution is 7.22. The highest BCUT2D eigenvalue weighted by Crippen LogP contribution is 2.33. The largest absolute Gasteiger partial charge is 0.379 e. The number of para-hydroxylation sites is 1. The molecule has 1 saturated heterocycles. The van der Waals surface area contributed by atoms with Gasteiger partial charge >= 0.3 is 5.00 Å². The second-order valence-electron chi connectivity index (χ2n) is 6.74. The maximum Gasteiger partial charge on any atom is 0.324 e. The van der Waals surface area contributed by atoms with Crippen molar-refractivity contribution in [3.8, 4) is 0 Å². The summed E-state index contributed by atoms with van der Waals surface area (Å²) >= 11 is 2.06. The molecule has 1 aromatic carbocycles. The van der Waals surface area contributed by atoms with E-state index in [1.54, 1.807) is 12.1 Å². The van der Waals surface area contributed by atoms with Gasteiger partial charge in [-0.1, -0.05) is 28.7 Å². The van der Waals surface area contributed by atoms with Gasteiger partial charge in [-0.05, 0) is 24.6 Å². The zero-order chi connectivity index (χ0) is 21.1. The number of ether oxygens (including phenoxy) is 1. The van der Waals surface area contributed by atoms with Crippen molar-refractivity contribution in [3.63, 3.8) is 0 Å². The molecular formula is C19H20ClFN4O4S2. The Hall–Kier alpha value is -2.18. The molecular weight excluding hydrogens is 467 g/mol. The van der Waals surface area contributed by atoms with E-state index >= 15 is 0 Å². The molecule has 0 unspecified atom stereocenters. The maximum atomic E-state index is 14.1. The van der Waals surface area contributed by atoms with Crippen LogP contribution in [0.2, 0.25) is 0 Å². The molecule has 12 heteroatoms. The Morgan fingerprint density at radius 2 is 2.03 bits per heavy atom. The molecule has 0 aliphatic carbocycles. The highest BCUT2D eigenvalue weighted by atomic mass is 35.5. The average Bonchev–Trinajstić information content (AvgIpc) is 3.40. The predicted octanol–water partition coefficient (Wildman–Crippen LogP) is 4.20. The van der Waals surface area contributed by atoms with E-state index in [1.807, 2.05) is 0 Å². The van der Waals surface area contributed by atoms with Gasteiger partial charge in [-0.2, -0.15) is 0 Å². The van der Waals surface area contributed by atoms with Crippen LogP contribution >= 0.6 is 35.1 Å². The zero-order valence-corrected chi connectivity index (χ0v) is 18.8. The number of thiazole rings is 1. The van der Waals surface area contributed by atoms with Crippen molar-refractivity contribution < 1.29 is 18.8 Å². The van der Waals surface area contributed by atoms with E-state index in [0.29, 0.717) is 36.0 Å². The van der Waals surface area contributed by atoms with Crippen LogP contribution in [0.3, 0.4) is 0 Å². The Morgan fingerprint density at radius 3 is 2.71 bits per heavy atom. The predicted molar refractivity (Wildman–Crippen MR) is 121 cm³/mol. The quantitative estimate of drug-likeness (QED) is 0.367. The second-order valence-corrected chi connectivity index (χ2v) is 8.81. The van der Waals surface area contributed by atoms with Gasteiger partial charge < -0.3 is 4.74 Å². The number of hydrogen-bond acceptors (Lipinski definition) is 8. The number of morpholine rings is 1. The average molecular weight is 487 g/mol. The molecule has 166 valence electrons. The molecule has 0 saturated carbocycles. The number of fused-ring (bicyclic) bond motifs is 1. The van der Waals surface area contributed by atoms with Gasteiger partial charge in [0.2, 0.25) is 0 Å². The molecule has 0 atom stereocenters. The smallest absolute Gasteiger partial charge is 0.324 e. The number of nitrogens with zero attached hydrogens (tertiary/aromatic N) is 4. The van der Waals surface area contributed by atoms with Gasteiger partial charge in [0.15, 0.2) is 5.13 Å². The summed E-state index contributed by atoms with van der Waals surface area (Å²) in [5, 5.41) is 11.3. The number of rotatable bonds is 7. The summed E-state index contributed by atoms with van der Waals surface area (Å²) in [5.74, 6) is -0.808. The van der Waals surface area contributed by atoms with Crippen LogP contribution in [0.15, 0.2) is 30.3 Å². The minimum atomic E-state index is -0.517. The number of carbonyl (C=O) groups excluding carboxylic acids is 1. The molecule has 8 nitrogen and oxygen atoms in total. The van der Waals surface area contributed by atoms with E-state index in [2.05, 4.69) is 9.88 Å². The Balaban J connectivity index is 0.00000272. The van der Waals surface area contributed by atoms with Gasteiger partial charge in [0, 0.05) is 32.2 Å². The number of carbonyl (C=O) groups is 1. The van der Waals surface area contributed by atoms with E-state index in [1.165, 1.54) is 34.4 Å². The van der Waals surface area contributed by atoms with Gasteiger partial charge in [0.05, 0.1) is 27.7 Å². The molecule has 1 aliphatic rings. The lowest BCUT2D eigenvalue weighted by Gasteiger charge is -2.27. The fourth-order valence-electron chi connectivity index (χ4n) is 3.25. The topological polar surface area (TPSA) is 88.8 Å². The van der Waals surface area contributed by atoms with Crippen molar-refractivity contribution in [2.45, 2.75) is 6.42 Å². The van der Waals surface area contributed by atoms with Crippen LogP contribution in [0.1, 0.15) is 16.1 Å². The van der Waals surface area contributed by atoms with Gasteiger partial charge in [-0.3, -0.25) is 24.7 Å². The van der Waals surface area contributed by atoms with Crippen molar-refractivity contribution in [2.75, 3.05) is 44.3 Å². The summed E-state index contributed by atoms with van der Waals surface area (Å²) < 4.78 is 20.1. The second kappa shape index (κ2) is 10.4. The Labute approximate surface area is 191 Å². The maximum absolute atomic E-state index is 14.1. The number of halogens is 2. The van der Waals surface area contributed by atoms with E-state index < -0.39 is 10.7 Å². The summed E-state index contributed by atoms with van der Waals surface area (Å²) in [6.45, 7) is 4.24. The van der Waals surface area contributed by atoms with E-state index in [9.17, 15) is 19.3 Å². The molecule has 4 rings (SSSR count). The number of aromatic nitrogens is 1. The van der Waals surface area contributed by atoms with Crippen LogP contribution in [0, 0.1) is 15.9 Å². The van der Waals surface area contributed by atoms with E-state index in [4.69, 9.17) is 4.74 Å². The number of anilines is 1. The first-order chi connectivity index (χ1) is 14.5. The molecule has 31 heavy (non-hydrogen) atoms. The third kappa shape index (κ3) is 5.36. The molecule has 0 spiro atoms. The first-order valence-electron chi connectivity index (χ1n) is 9.44. The Morgan fingerprint density at radius 1 is 1.26 bits per heavy atom. The summed E-state index contributed by atoms with van der Waals surface area (Å²) in [5.41, 5.74) is 0.223. The lowest BCUT2D eigenvalue weighted by Crippen LogP contribution is -2.39. The minimum Gasteiger partial charge on any atom is -0.379 e. The molecule has 2 aromatic heterocycles. The van der Waals surface area contributed by atoms with Crippen LogP contribution in [0.4, 0.5) is 14.5 Å². The van der Waals surface area contributed by atoms with Crippen LogP contribution in [0.25, 0.3) is 10.2 Å². The molecule has 1 amide bonds.